The molecule has 19 nitrogen and oxygen atoms in total. The average molecular weight is 930 g/mol. The number of ether oxygens (including phenoxy) is 1. The second-order valence-corrected chi connectivity index (χ2v) is 16.9. The van der Waals surface area contributed by atoms with Crippen LogP contribution < -0.4 is 32.1 Å². The van der Waals surface area contributed by atoms with Gasteiger partial charge in [-0.1, -0.05) is 78.5 Å². The van der Waals surface area contributed by atoms with Crippen LogP contribution in [0.25, 0.3) is 22.4 Å². The van der Waals surface area contributed by atoms with Crippen LogP contribution in [-0.4, -0.2) is 109 Å². The number of nitrogens with zero attached hydrogens (tertiary/aromatic N) is 10. The normalized spacial score (nSPS) is 13.1. The van der Waals surface area contributed by atoms with E-state index < -0.39 is 5.91 Å². The van der Waals surface area contributed by atoms with Crippen molar-refractivity contribution >= 4 is 90.8 Å². The molecule has 6 N–H and O–H groups in total. The molecule has 0 radical (unpaired) electrons. The Balaban J connectivity index is 0.769. The summed E-state index contributed by atoms with van der Waals surface area (Å²) in [5, 5.41) is 33.0. The van der Waals surface area contributed by atoms with Crippen molar-refractivity contribution in [3.05, 3.63) is 118 Å². The second kappa shape index (κ2) is 21.6. The van der Waals surface area contributed by atoms with Gasteiger partial charge in [-0.2, -0.15) is 15.2 Å². The molecule has 0 saturated heterocycles. The molecule has 22 heteroatoms. The SMILES string of the molecule is CCCSc1nc(NCCN)c2nnn(Cc3ccc(C(=O)NCCOCCNC(=O)c4ccc(-c5csc(N6N=C(c7ccccc7)/C(=N\Nc7nccs7)C6=O)n5)cc4)cc3)c2n1. The molecular formula is C43H43N15O4S3. The number of carbonyl (C=O) groups excluding carboxylic acids is 3. The number of fused-ring (bicyclic) bond motifs is 1. The predicted molar refractivity (Wildman–Crippen MR) is 254 cm³/mol. The molecular weight excluding hydrogens is 887 g/mol. The molecule has 332 valence electrons. The number of thiazole rings is 2. The number of nitrogens with two attached hydrogens (primary N) is 1. The Hall–Kier alpha value is -6.98. The summed E-state index contributed by atoms with van der Waals surface area (Å²) in [6, 6.07) is 23.6. The lowest BCUT2D eigenvalue weighted by Gasteiger charge is -2.09. The van der Waals surface area contributed by atoms with E-state index in [1.54, 1.807) is 59.0 Å². The number of rotatable bonds is 21. The van der Waals surface area contributed by atoms with Gasteiger partial charge >= 0.3 is 5.91 Å². The van der Waals surface area contributed by atoms with Crippen LogP contribution >= 0.6 is 34.4 Å². The van der Waals surface area contributed by atoms with Crippen LogP contribution in [0.15, 0.2) is 111 Å². The highest BCUT2D eigenvalue weighted by atomic mass is 32.2. The highest BCUT2D eigenvalue weighted by Crippen LogP contribution is 2.31. The maximum absolute atomic E-state index is 13.6. The van der Waals surface area contributed by atoms with E-state index >= 15 is 0 Å². The number of hydrazone groups is 2. The van der Waals surface area contributed by atoms with Crippen molar-refractivity contribution in [3.63, 3.8) is 0 Å². The highest BCUT2D eigenvalue weighted by Gasteiger charge is 2.36. The fourth-order valence-electron chi connectivity index (χ4n) is 6.31. The first-order valence-corrected chi connectivity index (χ1v) is 23.3. The number of nitrogens with one attached hydrogen (secondary N) is 4. The van der Waals surface area contributed by atoms with Crippen molar-refractivity contribution in [2.24, 2.45) is 15.9 Å². The van der Waals surface area contributed by atoms with E-state index in [-0.39, 0.29) is 37.3 Å². The molecule has 0 spiro atoms. The molecule has 1 aliphatic heterocycles. The first kappa shape index (κ1) is 44.6. The van der Waals surface area contributed by atoms with E-state index in [0.29, 0.717) is 81.1 Å². The third kappa shape index (κ3) is 11.0. The number of thioether (sulfide) groups is 1. The minimum atomic E-state index is -0.426. The third-order valence-electron chi connectivity index (χ3n) is 9.50. The summed E-state index contributed by atoms with van der Waals surface area (Å²) in [4.78, 5) is 57.5. The van der Waals surface area contributed by atoms with E-state index in [1.165, 1.54) is 27.7 Å². The Morgan fingerprint density at radius 2 is 1.62 bits per heavy atom. The Morgan fingerprint density at radius 1 is 0.877 bits per heavy atom. The smallest absolute Gasteiger partial charge is 0.303 e. The number of amides is 3. The van der Waals surface area contributed by atoms with Crippen LogP contribution in [-0.2, 0) is 16.1 Å². The van der Waals surface area contributed by atoms with Gasteiger partial charge in [0.15, 0.2) is 27.8 Å². The summed E-state index contributed by atoms with van der Waals surface area (Å²) in [5.74, 6) is 0.580. The minimum absolute atomic E-state index is 0.142. The van der Waals surface area contributed by atoms with Crippen LogP contribution in [0.3, 0.4) is 0 Å². The molecule has 3 aromatic carbocycles. The summed E-state index contributed by atoms with van der Waals surface area (Å²) < 4.78 is 7.37. The van der Waals surface area contributed by atoms with Crippen molar-refractivity contribution in [3.8, 4) is 11.3 Å². The molecule has 1 aliphatic rings. The predicted octanol–water partition coefficient (Wildman–Crippen LogP) is 5.12. The molecule has 0 saturated carbocycles. The van der Waals surface area contributed by atoms with Crippen molar-refractivity contribution in [2.45, 2.75) is 25.0 Å². The number of hydrogen-bond acceptors (Lipinski definition) is 18. The molecule has 65 heavy (non-hydrogen) atoms. The van der Waals surface area contributed by atoms with Crippen molar-refractivity contribution in [1.29, 1.82) is 0 Å². The number of aromatic nitrogens is 7. The van der Waals surface area contributed by atoms with E-state index in [4.69, 9.17) is 15.5 Å². The van der Waals surface area contributed by atoms with Gasteiger partial charge in [-0.3, -0.25) is 19.8 Å². The Labute approximate surface area is 385 Å². The van der Waals surface area contributed by atoms with Gasteiger partial charge < -0.3 is 26.4 Å². The molecule has 0 fully saturated rings. The van der Waals surface area contributed by atoms with Crippen molar-refractivity contribution in [2.75, 3.05) is 60.9 Å². The van der Waals surface area contributed by atoms with Gasteiger partial charge in [-0.05, 0) is 36.2 Å². The zero-order valence-corrected chi connectivity index (χ0v) is 37.5. The summed E-state index contributed by atoms with van der Waals surface area (Å²) in [6.45, 7) is 4.62. The van der Waals surface area contributed by atoms with Gasteiger partial charge in [0.25, 0.3) is 11.8 Å². The van der Waals surface area contributed by atoms with Gasteiger partial charge in [0, 0.05) is 71.1 Å². The van der Waals surface area contributed by atoms with Crippen LogP contribution in [0.5, 0.6) is 0 Å². The van der Waals surface area contributed by atoms with Gasteiger partial charge in [0.05, 0.1) is 25.5 Å². The number of hydrogen-bond donors (Lipinski definition) is 5. The Bertz CT molecular complexity index is 2800. The minimum Gasteiger partial charge on any atom is -0.378 e. The summed E-state index contributed by atoms with van der Waals surface area (Å²) >= 11 is 4.20. The van der Waals surface area contributed by atoms with Crippen LogP contribution in [0.2, 0.25) is 0 Å². The lowest BCUT2D eigenvalue weighted by atomic mass is 10.1. The molecule has 4 aromatic heterocycles. The van der Waals surface area contributed by atoms with E-state index in [2.05, 4.69) is 63.8 Å². The number of carbonyl (C=O) groups is 3. The van der Waals surface area contributed by atoms with E-state index in [9.17, 15) is 14.4 Å². The van der Waals surface area contributed by atoms with Gasteiger partial charge in [-0.15, -0.1) is 27.8 Å². The van der Waals surface area contributed by atoms with Gasteiger partial charge in [0.1, 0.15) is 5.71 Å². The van der Waals surface area contributed by atoms with Crippen LogP contribution in [0.1, 0.15) is 45.2 Å². The number of anilines is 3. The fourth-order valence-corrected chi connectivity index (χ4v) is 8.26. The lowest BCUT2D eigenvalue weighted by Crippen LogP contribution is -2.30. The summed E-state index contributed by atoms with van der Waals surface area (Å²) in [7, 11) is 0. The van der Waals surface area contributed by atoms with Crippen LogP contribution in [0, 0.1) is 0 Å². The van der Waals surface area contributed by atoms with Gasteiger partial charge in [0.2, 0.25) is 10.3 Å². The standard InChI is InChI=1S/C43H43N15O4S3/c1-2-23-63-42-50-36(45-17-16-44)35-37(51-42)57(56-53-35)25-27-8-10-30(11-9-27)38(59)46-18-21-62-22-19-47-39(60)31-14-12-28(13-15-31)32-26-65-43(49-32)58-40(61)34(52-54-41-48-20-24-64-41)33(55-58)29-6-4-3-5-7-29/h3-15,20,24,26H,2,16-19,21-23,25,44H2,1H3,(H,46,59)(H,47,60)(H,48,54)(H,45,50,51)/b52-34+. The topological polar surface area (TPSA) is 245 Å². The largest absolute Gasteiger partial charge is 0.378 e. The lowest BCUT2D eigenvalue weighted by molar-refractivity contribution is -0.112. The van der Waals surface area contributed by atoms with Crippen LogP contribution in [0.4, 0.5) is 16.1 Å². The second-order valence-electron chi connectivity index (χ2n) is 14.1. The summed E-state index contributed by atoms with van der Waals surface area (Å²) in [5.41, 5.74) is 14.3. The first-order chi connectivity index (χ1) is 31.9. The first-order valence-electron chi connectivity index (χ1n) is 20.6. The molecule has 0 unspecified atom stereocenters. The average Bonchev–Trinajstić information content (AvgIpc) is 4.18. The fraction of sp³-hybridized carbons (Fsp3) is 0.233. The molecule has 0 aliphatic carbocycles. The summed E-state index contributed by atoms with van der Waals surface area (Å²) in [6.07, 6.45) is 2.64. The molecule has 0 bridgehead atoms. The molecule has 5 heterocycles. The molecule has 7 aromatic rings. The van der Waals surface area contributed by atoms with Crippen molar-refractivity contribution in [1.82, 2.24) is 45.6 Å². The Kier molecular flexibility index (Phi) is 14.8. The third-order valence-corrected chi connectivity index (χ3v) is 12.1. The van der Waals surface area contributed by atoms with Crippen molar-refractivity contribution < 1.29 is 19.1 Å². The maximum atomic E-state index is 13.6. The van der Waals surface area contributed by atoms with E-state index in [0.717, 1.165) is 28.9 Å². The zero-order valence-electron chi connectivity index (χ0n) is 35.0. The van der Waals surface area contributed by atoms with Gasteiger partial charge in [-0.25, -0.2) is 24.6 Å². The maximum Gasteiger partial charge on any atom is 0.303 e. The molecule has 8 rings (SSSR count). The zero-order chi connectivity index (χ0) is 45.0. The number of benzene rings is 3. The van der Waals surface area contributed by atoms with E-state index in [1.807, 2.05) is 53.2 Å². The molecule has 3 amide bonds. The molecule has 0 atom stereocenters. The quantitative estimate of drug-likeness (QED) is 0.0272. The monoisotopic (exact) mass is 929 g/mol. The Morgan fingerprint density at radius 3 is 2.31 bits per heavy atom. The highest BCUT2D eigenvalue weighted by molar-refractivity contribution is 7.99.